The fraction of sp³-hybridized carbons (Fsp3) is 0.412. The Balaban J connectivity index is 1.74. The van der Waals surface area contributed by atoms with Crippen LogP contribution in [0.3, 0.4) is 0 Å². The van der Waals surface area contributed by atoms with Crippen molar-refractivity contribution in [3.05, 3.63) is 89.5 Å². The maximum atomic E-state index is 14.4. The van der Waals surface area contributed by atoms with Gasteiger partial charge < -0.3 is 15.0 Å². The van der Waals surface area contributed by atoms with Gasteiger partial charge in [0.05, 0.1) is 17.7 Å². The maximum absolute atomic E-state index is 14.4. The van der Waals surface area contributed by atoms with Gasteiger partial charge in [-0.1, -0.05) is 80.3 Å². The van der Waals surface area contributed by atoms with Crippen LogP contribution in [0.4, 0.5) is 5.69 Å². The average Bonchev–Trinajstić information content (AvgIpc) is 3.01. The van der Waals surface area contributed by atoms with Gasteiger partial charge in [-0.2, -0.15) is 0 Å². The van der Waals surface area contributed by atoms with E-state index >= 15 is 0 Å². The summed E-state index contributed by atoms with van der Waals surface area (Å²) in [7, 11) is -2.72. The van der Waals surface area contributed by atoms with Gasteiger partial charge in [-0.15, -0.1) is 0 Å². The third-order valence-electron chi connectivity index (χ3n) is 8.18. The highest BCUT2D eigenvalue weighted by Crippen LogP contribution is 2.33. The molecule has 0 radical (unpaired) electrons. The number of carbonyl (C=O) groups excluding carboxylic acids is 2. The summed E-state index contributed by atoms with van der Waals surface area (Å²) < 4.78 is 34.9. The third kappa shape index (κ3) is 7.76. The first kappa shape index (κ1) is 32.1. The van der Waals surface area contributed by atoms with Crippen molar-refractivity contribution in [1.29, 1.82) is 0 Å². The summed E-state index contributed by atoms with van der Waals surface area (Å²) in [6, 6.07) is 20.3. The standard InChI is InChI=1S/C34H43N3O5S/c1-5-30(34(39)35-28-15-7-6-8-16-28)36(23-27-14-10-9-13-26(27)3)33(38)24-37(31-17-11-12-18-32(31)42-4)43(40,41)29-21-19-25(2)20-22-29/h9-14,17-22,28,30H,5-8,15-16,23-24H2,1-4H3,(H,35,39)/t30-/m0/s1. The van der Waals surface area contributed by atoms with E-state index in [-0.39, 0.29) is 29.1 Å². The number of carbonyl (C=O) groups is 2. The molecule has 1 N–H and O–H groups in total. The van der Waals surface area contributed by atoms with Gasteiger partial charge in [0.15, 0.2) is 0 Å². The Hall–Kier alpha value is -3.85. The van der Waals surface area contributed by atoms with Crippen molar-refractivity contribution in [3.63, 3.8) is 0 Å². The molecule has 0 aromatic heterocycles. The van der Waals surface area contributed by atoms with E-state index in [0.717, 1.165) is 53.1 Å². The van der Waals surface area contributed by atoms with E-state index in [2.05, 4.69) is 5.32 Å². The summed E-state index contributed by atoms with van der Waals surface area (Å²) in [5.41, 5.74) is 3.04. The molecule has 1 atom stereocenters. The van der Waals surface area contributed by atoms with E-state index in [4.69, 9.17) is 4.74 Å². The van der Waals surface area contributed by atoms with Gasteiger partial charge >= 0.3 is 0 Å². The fourth-order valence-electron chi connectivity index (χ4n) is 5.62. The van der Waals surface area contributed by atoms with Crippen molar-refractivity contribution in [3.8, 4) is 5.75 Å². The number of nitrogens with one attached hydrogen (secondary N) is 1. The summed E-state index contributed by atoms with van der Waals surface area (Å²) in [4.78, 5) is 29.7. The van der Waals surface area contributed by atoms with E-state index in [0.29, 0.717) is 12.2 Å². The largest absolute Gasteiger partial charge is 0.495 e. The number of para-hydroxylation sites is 2. The maximum Gasteiger partial charge on any atom is 0.264 e. The van der Waals surface area contributed by atoms with Crippen LogP contribution in [0.2, 0.25) is 0 Å². The van der Waals surface area contributed by atoms with Gasteiger partial charge in [0, 0.05) is 12.6 Å². The highest BCUT2D eigenvalue weighted by Gasteiger charge is 2.35. The number of sulfonamides is 1. The zero-order valence-corrected chi connectivity index (χ0v) is 26.4. The highest BCUT2D eigenvalue weighted by atomic mass is 32.2. The molecule has 2 amide bonds. The number of nitrogens with zero attached hydrogens (tertiary/aromatic N) is 2. The molecule has 43 heavy (non-hydrogen) atoms. The first-order valence-electron chi connectivity index (χ1n) is 15.0. The lowest BCUT2D eigenvalue weighted by Crippen LogP contribution is -2.54. The smallest absolute Gasteiger partial charge is 0.264 e. The lowest BCUT2D eigenvalue weighted by molar-refractivity contribution is -0.140. The molecule has 9 heteroatoms. The van der Waals surface area contributed by atoms with Crippen molar-refractivity contribution in [2.75, 3.05) is 18.0 Å². The van der Waals surface area contributed by atoms with E-state index in [9.17, 15) is 18.0 Å². The van der Waals surface area contributed by atoms with E-state index in [1.165, 1.54) is 24.1 Å². The lowest BCUT2D eigenvalue weighted by atomic mass is 9.95. The summed E-state index contributed by atoms with van der Waals surface area (Å²) in [6.07, 6.45) is 5.52. The van der Waals surface area contributed by atoms with Gasteiger partial charge in [0.1, 0.15) is 18.3 Å². The second kappa shape index (κ2) is 14.6. The minimum atomic E-state index is -4.18. The topological polar surface area (TPSA) is 96.0 Å². The van der Waals surface area contributed by atoms with Gasteiger partial charge in [-0.05, 0) is 68.5 Å². The zero-order valence-electron chi connectivity index (χ0n) is 25.6. The summed E-state index contributed by atoms with van der Waals surface area (Å²) in [5, 5.41) is 3.19. The predicted molar refractivity (Wildman–Crippen MR) is 170 cm³/mol. The molecule has 230 valence electrons. The minimum Gasteiger partial charge on any atom is -0.495 e. The Morgan fingerprint density at radius 3 is 2.23 bits per heavy atom. The number of anilines is 1. The van der Waals surface area contributed by atoms with Gasteiger partial charge in [-0.3, -0.25) is 13.9 Å². The number of benzene rings is 3. The number of ether oxygens (including phenoxy) is 1. The normalized spacial score (nSPS) is 14.5. The van der Waals surface area contributed by atoms with E-state index < -0.39 is 28.5 Å². The number of aryl methyl sites for hydroxylation is 2. The molecule has 3 aromatic carbocycles. The highest BCUT2D eigenvalue weighted by molar-refractivity contribution is 7.92. The summed E-state index contributed by atoms with van der Waals surface area (Å²) in [5.74, 6) is -0.365. The first-order valence-corrected chi connectivity index (χ1v) is 16.5. The van der Waals surface area contributed by atoms with Crippen molar-refractivity contribution >= 4 is 27.5 Å². The number of rotatable bonds is 12. The molecule has 0 heterocycles. The molecule has 0 bridgehead atoms. The van der Waals surface area contributed by atoms with E-state index in [1.54, 1.807) is 36.4 Å². The molecule has 1 aliphatic carbocycles. The van der Waals surface area contributed by atoms with Crippen LogP contribution < -0.4 is 14.4 Å². The third-order valence-corrected chi connectivity index (χ3v) is 9.96. The molecule has 8 nitrogen and oxygen atoms in total. The van der Waals surface area contributed by atoms with Crippen LogP contribution in [0.1, 0.15) is 62.1 Å². The van der Waals surface area contributed by atoms with Crippen molar-refractivity contribution in [1.82, 2.24) is 10.2 Å². The lowest BCUT2D eigenvalue weighted by Gasteiger charge is -2.35. The molecule has 1 aliphatic rings. The Labute approximate surface area is 256 Å². The van der Waals surface area contributed by atoms with Crippen molar-refractivity contribution in [2.24, 2.45) is 0 Å². The van der Waals surface area contributed by atoms with Crippen LogP contribution in [0.15, 0.2) is 77.7 Å². The predicted octanol–water partition coefficient (Wildman–Crippen LogP) is 5.76. The Bertz CT molecular complexity index is 1500. The van der Waals surface area contributed by atoms with Crippen LogP contribution in [0.25, 0.3) is 0 Å². The summed E-state index contributed by atoms with van der Waals surface area (Å²) >= 11 is 0. The zero-order chi connectivity index (χ0) is 31.0. The van der Waals surface area contributed by atoms with Crippen LogP contribution >= 0.6 is 0 Å². The Morgan fingerprint density at radius 2 is 1.58 bits per heavy atom. The van der Waals surface area contributed by atoms with E-state index in [1.807, 2.05) is 45.0 Å². The van der Waals surface area contributed by atoms with Gasteiger partial charge in [0.25, 0.3) is 10.0 Å². The number of hydrogen-bond acceptors (Lipinski definition) is 5. The first-order chi connectivity index (χ1) is 20.6. The van der Waals surface area contributed by atoms with Crippen LogP contribution in [-0.4, -0.2) is 50.9 Å². The molecule has 0 unspecified atom stereocenters. The summed E-state index contributed by atoms with van der Waals surface area (Å²) in [6.45, 7) is 5.39. The number of methoxy groups -OCH3 is 1. The second-order valence-corrected chi connectivity index (χ2v) is 13.1. The Morgan fingerprint density at radius 1 is 0.930 bits per heavy atom. The number of hydrogen-bond donors (Lipinski definition) is 1. The van der Waals surface area contributed by atoms with Crippen molar-refractivity contribution < 1.29 is 22.7 Å². The Kier molecular flexibility index (Phi) is 10.9. The molecule has 1 fully saturated rings. The van der Waals surface area contributed by atoms with Crippen LogP contribution in [0, 0.1) is 13.8 Å². The van der Waals surface area contributed by atoms with Crippen LogP contribution in [-0.2, 0) is 26.2 Å². The van der Waals surface area contributed by atoms with Crippen LogP contribution in [0.5, 0.6) is 5.75 Å². The number of amides is 2. The fourth-order valence-corrected chi connectivity index (χ4v) is 7.05. The van der Waals surface area contributed by atoms with Gasteiger partial charge in [0.2, 0.25) is 11.8 Å². The molecule has 4 rings (SSSR count). The second-order valence-electron chi connectivity index (χ2n) is 11.2. The molecular weight excluding hydrogens is 562 g/mol. The molecule has 0 aliphatic heterocycles. The molecule has 1 saturated carbocycles. The quantitative estimate of drug-likeness (QED) is 0.283. The molecule has 3 aromatic rings. The minimum absolute atomic E-state index is 0.0596. The van der Waals surface area contributed by atoms with Crippen molar-refractivity contribution in [2.45, 2.75) is 82.8 Å². The van der Waals surface area contributed by atoms with Gasteiger partial charge in [-0.25, -0.2) is 8.42 Å². The average molecular weight is 606 g/mol. The monoisotopic (exact) mass is 605 g/mol. The molecular formula is C34H43N3O5S. The molecule has 0 saturated heterocycles. The molecule has 0 spiro atoms. The SMILES string of the molecule is CC[C@@H](C(=O)NC1CCCCC1)N(Cc1ccccc1C)C(=O)CN(c1ccccc1OC)S(=O)(=O)c1ccc(C)cc1.